The van der Waals surface area contributed by atoms with Crippen molar-refractivity contribution in [3.05, 3.63) is 59.2 Å². The van der Waals surface area contributed by atoms with Gasteiger partial charge in [-0.2, -0.15) is 0 Å². The maximum Gasteiger partial charge on any atom is 0.314 e. The van der Waals surface area contributed by atoms with Crippen LogP contribution in [0.3, 0.4) is 0 Å². The van der Waals surface area contributed by atoms with E-state index in [-0.39, 0.29) is 6.03 Å². The summed E-state index contributed by atoms with van der Waals surface area (Å²) in [5.41, 5.74) is 5.28. The van der Waals surface area contributed by atoms with E-state index >= 15 is 0 Å². The van der Waals surface area contributed by atoms with E-state index in [1.165, 1.54) is 28.8 Å². The molecule has 1 aliphatic heterocycles. The Morgan fingerprint density at radius 2 is 1.71 bits per heavy atom. The third-order valence-electron chi connectivity index (χ3n) is 5.30. The van der Waals surface area contributed by atoms with Crippen LogP contribution in [-0.2, 0) is 19.3 Å². The lowest BCUT2D eigenvalue weighted by Crippen LogP contribution is -2.37. The Morgan fingerprint density at radius 3 is 2.39 bits per heavy atom. The van der Waals surface area contributed by atoms with Gasteiger partial charge in [0.25, 0.3) is 0 Å². The lowest BCUT2D eigenvalue weighted by molar-refractivity contribution is 0.241. The second-order valence-corrected chi connectivity index (χ2v) is 7.18. The number of anilines is 1. The number of urea groups is 1. The molecule has 2 aromatic rings. The summed E-state index contributed by atoms with van der Waals surface area (Å²) < 4.78 is 5.15. The summed E-state index contributed by atoms with van der Waals surface area (Å²) in [6, 6.07) is 14.5. The van der Waals surface area contributed by atoms with Gasteiger partial charge in [0.15, 0.2) is 0 Å². The molecule has 150 valence electrons. The van der Waals surface area contributed by atoms with Crippen LogP contribution in [0.4, 0.5) is 10.5 Å². The first-order valence-corrected chi connectivity index (χ1v) is 10.2. The van der Waals surface area contributed by atoms with Gasteiger partial charge >= 0.3 is 6.03 Å². The number of carbonyl (C=O) groups is 1. The molecular formula is C23H31N3O2. The highest BCUT2D eigenvalue weighted by Gasteiger charge is 2.15. The maximum absolute atomic E-state index is 12.0. The van der Waals surface area contributed by atoms with Gasteiger partial charge in [-0.1, -0.05) is 24.3 Å². The minimum Gasteiger partial charge on any atom is -0.497 e. The molecule has 1 heterocycles. The fourth-order valence-corrected chi connectivity index (χ4v) is 3.71. The molecular weight excluding hydrogens is 350 g/mol. The average Bonchev–Trinajstić information content (AvgIpc) is 2.73. The van der Waals surface area contributed by atoms with E-state index in [1.54, 1.807) is 7.11 Å². The zero-order valence-electron chi connectivity index (χ0n) is 17.0. The van der Waals surface area contributed by atoms with Gasteiger partial charge in [0.1, 0.15) is 5.75 Å². The normalized spacial score (nSPS) is 13.0. The third kappa shape index (κ3) is 5.41. The highest BCUT2D eigenvalue weighted by atomic mass is 16.5. The third-order valence-corrected chi connectivity index (χ3v) is 5.30. The van der Waals surface area contributed by atoms with Crippen LogP contribution in [0.2, 0.25) is 0 Å². The van der Waals surface area contributed by atoms with Crippen molar-refractivity contribution < 1.29 is 9.53 Å². The molecule has 0 aliphatic carbocycles. The van der Waals surface area contributed by atoms with Crippen LogP contribution >= 0.6 is 0 Å². The molecule has 0 unspecified atom stereocenters. The predicted molar refractivity (Wildman–Crippen MR) is 114 cm³/mol. The van der Waals surface area contributed by atoms with Crippen molar-refractivity contribution in [2.45, 2.75) is 32.6 Å². The van der Waals surface area contributed by atoms with E-state index in [1.807, 2.05) is 24.3 Å². The Hall–Kier alpha value is -2.69. The van der Waals surface area contributed by atoms with Gasteiger partial charge in [-0.15, -0.1) is 0 Å². The van der Waals surface area contributed by atoms with Crippen LogP contribution in [0.25, 0.3) is 0 Å². The molecule has 0 atom stereocenters. The number of ether oxygens (including phenoxy) is 1. The first kappa shape index (κ1) is 20.1. The number of nitrogens with zero attached hydrogens (tertiary/aromatic N) is 1. The van der Waals surface area contributed by atoms with E-state index in [0.29, 0.717) is 13.1 Å². The summed E-state index contributed by atoms with van der Waals surface area (Å²) in [5.74, 6) is 0.846. The van der Waals surface area contributed by atoms with Crippen LogP contribution in [0, 0.1) is 0 Å². The van der Waals surface area contributed by atoms with Gasteiger partial charge < -0.3 is 20.3 Å². The summed E-state index contributed by atoms with van der Waals surface area (Å²) in [7, 11) is 1.66. The molecule has 1 aliphatic rings. The highest BCUT2D eigenvalue weighted by molar-refractivity contribution is 5.73. The molecule has 5 nitrogen and oxygen atoms in total. The Morgan fingerprint density at radius 1 is 1.04 bits per heavy atom. The number of benzene rings is 2. The zero-order chi connectivity index (χ0) is 19.8. The van der Waals surface area contributed by atoms with Gasteiger partial charge in [-0.25, -0.2) is 4.79 Å². The number of nitrogens with one attached hydrogen (secondary N) is 2. The van der Waals surface area contributed by atoms with Gasteiger partial charge in [0.2, 0.25) is 0 Å². The van der Waals surface area contributed by atoms with Gasteiger partial charge in [0.05, 0.1) is 7.11 Å². The molecule has 2 aromatic carbocycles. The first-order chi connectivity index (χ1) is 13.7. The summed E-state index contributed by atoms with van der Waals surface area (Å²) >= 11 is 0. The van der Waals surface area contributed by atoms with Crippen molar-refractivity contribution in [2.24, 2.45) is 0 Å². The SMILES string of the molecule is CCN1CCCc2cc(CCNC(=O)NCCc3ccc(OC)cc3)ccc21. The van der Waals surface area contributed by atoms with Crippen molar-refractivity contribution in [2.75, 3.05) is 38.2 Å². The van der Waals surface area contributed by atoms with Crippen LogP contribution in [-0.4, -0.2) is 39.3 Å². The van der Waals surface area contributed by atoms with Gasteiger partial charge in [-0.3, -0.25) is 0 Å². The predicted octanol–water partition coefficient (Wildman–Crippen LogP) is 3.55. The minimum atomic E-state index is -0.108. The molecule has 0 aromatic heterocycles. The number of amides is 2. The Kier molecular flexibility index (Phi) is 7.18. The van der Waals surface area contributed by atoms with Crippen molar-refractivity contribution in [3.8, 4) is 5.75 Å². The van der Waals surface area contributed by atoms with Crippen molar-refractivity contribution in [1.82, 2.24) is 10.6 Å². The van der Waals surface area contributed by atoms with E-state index in [0.717, 1.165) is 38.1 Å². The summed E-state index contributed by atoms with van der Waals surface area (Å²) in [6.45, 7) is 5.68. The molecule has 2 amide bonds. The average molecular weight is 382 g/mol. The number of fused-ring (bicyclic) bond motifs is 1. The van der Waals surface area contributed by atoms with Gasteiger partial charge in [-0.05, 0) is 67.5 Å². The minimum absolute atomic E-state index is 0.108. The summed E-state index contributed by atoms with van der Waals surface area (Å²) in [5, 5.41) is 5.88. The smallest absolute Gasteiger partial charge is 0.314 e. The molecule has 5 heteroatoms. The molecule has 0 saturated carbocycles. The van der Waals surface area contributed by atoms with E-state index < -0.39 is 0 Å². The van der Waals surface area contributed by atoms with Crippen molar-refractivity contribution >= 4 is 11.7 Å². The Bertz CT molecular complexity index is 774. The number of carbonyl (C=O) groups excluding carboxylic acids is 1. The van der Waals surface area contributed by atoms with Crippen molar-refractivity contribution in [1.29, 1.82) is 0 Å². The number of aryl methyl sites for hydroxylation is 1. The Balaban J connectivity index is 1.38. The lowest BCUT2D eigenvalue weighted by Gasteiger charge is -2.30. The van der Waals surface area contributed by atoms with E-state index in [9.17, 15) is 4.79 Å². The monoisotopic (exact) mass is 381 g/mol. The Labute approximate surface area is 168 Å². The molecule has 3 rings (SSSR count). The van der Waals surface area contributed by atoms with Crippen LogP contribution < -0.4 is 20.3 Å². The molecule has 0 radical (unpaired) electrons. The van der Waals surface area contributed by atoms with Crippen LogP contribution in [0.1, 0.15) is 30.0 Å². The zero-order valence-corrected chi connectivity index (χ0v) is 17.0. The summed E-state index contributed by atoms with van der Waals surface area (Å²) in [4.78, 5) is 14.4. The number of hydrogen-bond acceptors (Lipinski definition) is 3. The number of hydrogen-bond donors (Lipinski definition) is 2. The number of rotatable bonds is 8. The second kappa shape index (κ2) is 10.0. The molecule has 0 spiro atoms. The van der Waals surface area contributed by atoms with E-state index in [2.05, 4.69) is 40.7 Å². The summed E-state index contributed by atoms with van der Waals surface area (Å²) in [6.07, 6.45) is 4.03. The quantitative estimate of drug-likeness (QED) is 0.735. The molecule has 0 fully saturated rings. The number of methoxy groups -OCH3 is 1. The van der Waals surface area contributed by atoms with Crippen molar-refractivity contribution in [3.63, 3.8) is 0 Å². The molecule has 28 heavy (non-hydrogen) atoms. The topological polar surface area (TPSA) is 53.6 Å². The first-order valence-electron chi connectivity index (χ1n) is 10.2. The van der Waals surface area contributed by atoms with Crippen LogP contribution in [0.15, 0.2) is 42.5 Å². The van der Waals surface area contributed by atoms with E-state index in [4.69, 9.17) is 4.74 Å². The molecule has 0 saturated heterocycles. The molecule has 0 bridgehead atoms. The maximum atomic E-state index is 12.0. The highest BCUT2D eigenvalue weighted by Crippen LogP contribution is 2.27. The second-order valence-electron chi connectivity index (χ2n) is 7.18. The fraction of sp³-hybridized carbons (Fsp3) is 0.435. The fourth-order valence-electron chi connectivity index (χ4n) is 3.71. The standard InChI is InChI=1S/C23H31N3O2/c1-3-26-16-4-5-20-17-19(8-11-22(20)26)13-15-25-23(27)24-14-12-18-6-9-21(28-2)10-7-18/h6-11,17H,3-5,12-16H2,1-2H3,(H2,24,25,27). The largest absolute Gasteiger partial charge is 0.497 e. The lowest BCUT2D eigenvalue weighted by atomic mass is 9.98. The van der Waals surface area contributed by atoms with Gasteiger partial charge in [0, 0.05) is 31.9 Å². The van der Waals surface area contributed by atoms with Crippen LogP contribution in [0.5, 0.6) is 5.75 Å². The molecule has 2 N–H and O–H groups in total.